The van der Waals surface area contributed by atoms with Crippen LogP contribution in [0, 0.1) is 0 Å². The van der Waals surface area contributed by atoms with E-state index in [0.717, 1.165) is 11.6 Å². The van der Waals surface area contributed by atoms with Crippen LogP contribution < -0.4 is 11.1 Å². The molecule has 0 aliphatic rings. The van der Waals surface area contributed by atoms with Crippen LogP contribution in [-0.4, -0.2) is 11.9 Å². The SMILES string of the molecule is NC(Cc1ccccc1)C(=O)Nc1ccccc1C(F)(F)F. The van der Waals surface area contributed by atoms with Gasteiger partial charge in [0, 0.05) is 0 Å². The topological polar surface area (TPSA) is 55.1 Å². The van der Waals surface area contributed by atoms with Crippen molar-refractivity contribution in [2.75, 3.05) is 5.32 Å². The van der Waals surface area contributed by atoms with E-state index in [1.54, 1.807) is 24.3 Å². The second-order valence-electron chi connectivity index (χ2n) is 4.83. The first-order chi connectivity index (χ1) is 10.4. The number of carbonyl (C=O) groups excluding carboxylic acids is 1. The van der Waals surface area contributed by atoms with Crippen LogP contribution in [0.15, 0.2) is 54.6 Å². The van der Waals surface area contributed by atoms with Gasteiger partial charge in [-0.2, -0.15) is 13.2 Å². The maximum atomic E-state index is 12.9. The Hall–Kier alpha value is -2.34. The van der Waals surface area contributed by atoms with Gasteiger partial charge in [0.1, 0.15) is 0 Å². The molecule has 3 N–H and O–H groups in total. The van der Waals surface area contributed by atoms with Crippen molar-refractivity contribution in [2.45, 2.75) is 18.6 Å². The lowest BCUT2D eigenvalue weighted by atomic mass is 10.1. The van der Waals surface area contributed by atoms with Crippen LogP contribution in [0.5, 0.6) is 0 Å². The summed E-state index contributed by atoms with van der Waals surface area (Å²) in [7, 11) is 0. The highest BCUT2D eigenvalue weighted by molar-refractivity contribution is 5.95. The van der Waals surface area contributed by atoms with E-state index in [2.05, 4.69) is 5.32 Å². The van der Waals surface area contributed by atoms with Crippen molar-refractivity contribution in [1.82, 2.24) is 0 Å². The highest BCUT2D eigenvalue weighted by Crippen LogP contribution is 2.34. The minimum Gasteiger partial charge on any atom is -0.324 e. The van der Waals surface area contributed by atoms with Crippen molar-refractivity contribution in [3.63, 3.8) is 0 Å². The average Bonchev–Trinajstić information content (AvgIpc) is 2.47. The van der Waals surface area contributed by atoms with Crippen LogP contribution in [0.25, 0.3) is 0 Å². The molecule has 116 valence electrons. The molecule has 0 aliphatic heterocycles. The Bertz CT molecular complexity index is 641. The summed E-state index contributed by atoms with van der Waals surface area (Å²) >= 11 is 0. The molecule has 0 saturated carbocycles. The molecule has 0 saturated heterocycles. The van der Waals surface area contributed by atoms with Gasteiger partial charge in [0.25, 0.3) is 0 Å². The Kier molecular flexibility index (Phi) is 4.82. The molecule has 6 heteroatoms. The number of para-hydroxylation sites is 1. The fourth-order valence-corrected chi connectivity index (χ4v) is 2.03. The van der Waals surface area contributed by atoms with Gasteiger partial charge in [-0.15, -0.1) is 0 Å². The zero-order valence-corrected chi connectivity index (χ0v) is 11.6. The number of rotatable bonds is 4. The Morgan fingerprint density at radius 1 is 1.05 bits per heavy atom. The van der Waals surface area contributed by atoms with Crippen LogP contribution in [-0.2, 0) is 17.4 Å². The normalized spacial score (nSPS) is 12.7. The van der Waals surface area contributed by atoms with E-state index < -0.39 is 23.7 Å². The lowest BCUT2D eigenvalue weighted by molar-refractivity contribution is -0.137. The van der Waals surface area contributed by atoms with Gasteiger partial charge in [-0.05, 0) is 24.1 Å². The lowest BCUT2D eigenvalue weighted by Crippen LogP contribution is -2.37. The van der Waals surface area contributed by atoms with Gasteiger partial charge in [-0.1, -0.05) is 42.5 Å². The first-order valence-corrected chi connectivity index (χ1v) is 6.64. The Labute approximate surface area is 125 Å². The van der Waals surface area contributed by atoms with Crippen molar-refractivity contribution in [2.24, 2.45) is 5.73 Å². The summed E-state index contributed by atoms with van der Waals surface area (Å²) in [5.74, 6) is -0.652. The second-order valence-corrected chi connectivity index (χ2v) is 4.83. The number of alkyl halides is 3. The summed E-state index contributed by atoms with van der Waals surface area (Å²) in [6.45, 7) is 0. The van der Waals surface area contributed by atoms with E-state index in [-0.39, 0.29) is 12.1 Å². The molecular formula is C16H15F3N2O. The fourth-order valence-electron chi connectivity index (χ4n) is 2.03. The number of halogens is 3. The number of nitrogens with one attached hydrogen (secondary N) is 1. The molecule has 0 aliphatic carbocycles. The van der Waals surface area contributed by atoms with Gasteiger partial charge in [0.2, 0.25) is 5.91 Å². The predicted octanol–water partition coefficient (Wildman–Crippen LogP) is 3.21. The molecular weight excluding hydrogens is 293 g/mol. The smallest absolute Gasteiger partial charge is 0.324 e. The van der Waals surface area contributed by atoms with Gasteiger partial charge < -0.3 is 11.1 Å². The summed E-state index contributed by atoms with van der Waals surface area (Å²) in [6, 6.07) is 12.9. The number of hydrogen-bond acceptors (Lipinski definition) is 2. The average molecular weight is 308 g/mol. The van der Waals surface area contributed by atoms with E-state index in [4.69, 9.17) is 5.73 Å². The van der Waals surface area contributed by atoms with Crippen LogP contribution in [0.4, 0.5) is 18.9 Å². The molecule has 22 heavy (non-hydrogen) atoms. The van der Waals surface area contributed by atoms with Gasteiger partial charge >= 0.3 is 6.18 Å². The number of hydrogen-bond donors (Lipinski definition) is 2. The van der Waals surface area contributed by atoms with Crippen molar-refractivity contribution in [3.05, 3.63) is 65.7 Å². The van der Waals surface area contributed by atoms with Gasteiger partial charge in [-0.25, -0.2) is 0 Å². The standard InChI is InChI=1S/C16H15F3N2O/c17-16(18,19)12-8-4-5-9-14(12)21-15(22)13(20)10-11-6-2-1-3-7-11/h1-9,13H,10,20H2,(H,21,22). The number of amides is 1. The molecule has 2 aromatic rings. The highest BCUT2D eigenvalue weighted by atomic mass is 19.4. The zero-order valence-electron chi connectivity index (χ0n) is 11.6. The molecule has 0 spiro atoms. The Morgan fingerprint density at radius 2 is 1.64 bits per heavy atom. The molecule has 1 amide bonds. The Morgan fingerprint density at radius 3 is 2.27 bits per heavy atom. The molecule has 2 aromatic carbocycles. The summed E-state index contributed by atoms with van der Waals surface area (Å²) in [5, 5.41) is 2.25. The third kappa shape index (κ3) is 4.08. The maximum Gasteiger partial charge on any atom is 0.418 e. The minimum atomic E-state index is -4.53. The molecule has 3 nitrogen and oxygen atoms in total. The van der Waals surface area contributed by atoms with E-state index in [9.17, 15) is 18.0 Å². The number of nitrogens with two attached hydrogens (primary N) is 1. The molecule has 0 aromatic heterocycles. The van der Waals surface area contributed by atoms with Crippen LogP contribution >= 0.6 is 0 Å². The predicted molar refractivity (Wildman–Crippen MR) is 78.2 cm³/mol. The maximum absolute atomic E-state index is 12.9. The molecule has 0 bridgehead atoms. The molecule has 0 radical (unpaired) electrons. The lowest BCUT2D eigenvalue weighted by Gasteiger charge is -2.16. The van der Waals surface area contributed by atoms with Crippen molar-refractivity contribution in [3.8, 4) is 0 Å². The van der Waals surface area contributed by atoms with Gasteiger partial charge in [0.05, 0.1) is 17.3 Å². The van der Waals surface area contributed by atoms with Crippen molar-refractivity contribution in [1.29, 1.82) is 0 Å². The van der Waals surface area contributed by atoms with Crippen LogP contribution in [0.1, 0.15) is 11.1 Å². The quantitative estimate of drug-likeness (QED) is 0.911. The monoisotopic (exact) mass is 308 g/mol. The number of benzene rings is 2. The summed E-state index contributed by atoms with van der Waals surface area (Å²) in [4.78, 5) is 12.0. The highest BCUT2D eigenvalue weighted by Gasteiger charge is 2.33. The van der Waals surface area contributed by atoms with Crippen LogP contribution in [0.2, 0.25) is 0 Å². The van der Waals surface area contributed by atoms with E-state index >= 15 is 0 Å². The molecule has 2 rings (SSSR count). The van der Waals surface area contributed by atoms with Gasteiger partial charge in [-0.3, -0.25) is 4.79 Å². The summed E-state index contributed by atoms with van der Waals surface area (Å²) in [5.41, 5.74) is 5.42. The van der Waals surface area contributed by atoms with Crippen molar-refractivity contribution < 1.29 is 18.0 Å². The van der Waals surface area contributed by atoms with Gasteiger partial charge in [0.15, 0.2) is 0 Å². The first kappa shape index (κ1) is 16.0. The van der Waals surface area contributed by atoms with E-state index in [0.29, 0.717) is 0 Å². The minimum absolute atomic E-state index is 0.251. The number of anilines is 1. The largest absolute Gasteiger partial charge is 0.418 e. The van der Waals surface area contributed by atoms with Crippen molar-refractivity contribution >= 4 is 11.6 Å². The molecule has 1 atom stereocenters. The third-order valence-corrected chi connectivity index (χ3v) is 3.13. The third-order valence-electron chi connectivity index (χ3n) is 3.13. The van der Waals surface area contributed by atoms with E-state index in [1.807, 2.05) is 6.07 Å². The molecule has 0 heterocycles. The zero-order chi connectivity index (χ0) is 16.2. The van der Waals surface area contributed by atoms with E-state index in [1.165, 1.54) is 18.2 Å². The summed E-state index contributed by atoms with van der Waals surface area (Å²) in [6.07, 6.45) is -4.28. The Balaban J connectivity index is 2.09. The molecule has 1 unspecified atom stereocenters. The first-order valence-electron chi connectivity index (χ1n) is 6.64. The fraction of sp³-hybridized carbons (Fsp3) is 0.188. The molecule has 0 fully saturated rings. The van der Waals surface area contributed by atoms with Crippen LogP contribution in [0.3, 0.4) is 0 Å². The number of carbonyl (C=O) groups is 1. The second kappa shape index (κ2) is 6.62. The summed E-state index contributed by atoms with van der Waals surface area (Å²) < 4.78 is 38.6.